The minimum atomic E-state index is -0.230. The Bertz CT molecular complexity index is 775. The molecule has 22 heavy (non-hydrogen) atoms. The number of aryl methyl sites for hydroxylation is 2. The van der Waals surface area contributed by atoms with Crippen LogP contribution in [0.2, 0.25) is 0 Å². The Labute approximate surface area is 130 Å². The monoisotopic (exact) mass is 294 g/mol. The molecule has 0 unspecified atom stereocenters. The van der Waals surface area contributed by atoms with Crippen LogP contribution in [-0.4, -0.2) is 10.2 Å². The zero-order valence-corrected chi connectivity index (χ0v) is 12.9. The van der Waals surface area contributed by atoms with Crippen LogP contribution in [0.3, 0.4) is 0 Å². The van der Waals surface area contributed by atoms with E-state index >= 15 is 0 Å². The minimum Gasteiger partial charge on any atom is -0.281 e. The molecule has 0 atom stereocenters. The number of halogens is 1. The fourth-order valence-electron chi connectivity index (χ4n) is 2.73. The van der Waals surface area contributed by atoms with Gasteiger partial charge in [-0.3, -0.25) is 5.10 Å². The lowest BCUT2D eigenvalue weighted by Gasteiger charge is -2.07. The third-order valence-electron chi connectivity index (χ3n) is 3.78. The molecule has 0 amide bonds. The first kappa shape index (κ1) is 14.5. The van der Waals surface area contributed by atoms with Crippen LogP contribution in [0.5, 0.6) is 0 Å². The average molecular weight is 294 g/mol. The van der Waals surface area contributed by atoms with E-state index in [-0.39, 0.29) is 5.82 Å². The van der Waals surface area contributed by atoms with E-state index in [1.807, 2.05) is 49.4 Å². The molecule has 2 aromatic carbocycles. The fourth-order valence-corrected chi connectivity index (χ4v) is 2.73. The summed E-state index contributed by atoms with van der Waals surface area (Å²) < 4.78 is 14.4. The van der Waals surface area contributed by atoms with E-state index in [1.54, 1.807) is 6.07 Å². The van der Waals surface area contributed by atoms with Crippen molar-refractivity contribution >= 4 is 0 Å². The quantitative estimate of drug-likeness (QED) is 0.708. The summed E-state index contributed by atoms with van der Waals surface area (Å²) in [6.07, 6.45) is 1.91. The van der Waals surface area contributed by atoms with Gasteiger partial charge in [0.2, 0.25) is 0 Å². The molecular weight excluding hydrogens is 275 g/mol. The predicted molar refractivity (Wildman–Crippen MR) is 88.1 cm³/mol. The van der Waals surface area contributed by atoms with Gasteiger partial charge in [-0.25, -0.2) is 4.39 Å². The molecule has 0 saturated heterocycles. The number of benzene rings is 2. The van der Waals surface area contributed by atoms with E-state index in [0.717, 1.165) is 35.2 Å². The van der Waals surface area contributed by atoms with E-state index in [2.05, 4.69) is 17.1 Å². The van der Waals surface area contributed by atoms with Gasteiger partial charge in [-0.1, -0.05) is 49.7 Å². The molecule has 0 bridgehead atoms. The number of hydrogen-bond acceptors (Lipinski definition) is 1. The summed E-state index contributed by atoms with van der Waals surface area (Å²) in [5.74, 6) is -0.230. The number of rotatable bonds is 4. The van der Waals surface area contributed by atoms with Gasteiger partial charge in [-0.2, -0.15) is 5.10 Å². The van der Waals surface area contributed by atoms with Gasteiger partial charge in [0.05, 0.1) is 0 Å². The zero-order chi connectivity index (χ0) is 15.5. The van der Waals surface area contributed by atoms with Gasteiger partial charge in [0.1, 0.15) is 11.5 Å². The summed E-state index contributed by atoms with van der Waals surface area (Å²) in [7, 11) is 0. The van der Waals surface area contributed by atoms with Crippen molar-refractivity contribution in [2.24, 2.45) is 0 Å². The molecule has 3 heteroatoms. The van der Waals surface area contributed by atoms with Crippen molar-refractivity contribution in [2.75, 3.05) is 0 Å². The van der Waals surface area contributed by atoms with Crippen molar-refractivity contribution < 1.29 is 4.39 Å². The molecule has 0 aliphatic carbocycles. The first-order valence-corrected chi connectivity index (χ1v) is 7.60. The Hall–Kier alpha value is -2.42. The van der Waals surface area contributed by atoms with E-state index in [1.165, 1.54) is 0 Å². The number of nitrogens with zero attached hydrogens (tertiary/aromatic N) is 1. The van der Waals surface area contributed by atoms with E-state index in [0.29, 0.717) is 11.3 Å². The summed E-state index contributed by atoms with van der Waals surface area (Å²) in [6.45, 7) is 4.01. The van der Waals surface area contributed by atoms with Crippen LogP contribution in [0, 0.1) is 12.7 Å². The van der Waals surface area contributed by atoms with Crippen molar-refractivity contribution in [3.63, 3.8) is 0 Å². The third kappa shape index (κ3) is 2.67. The lowest BCUT2D eigenvalue weighted by molar-refractivity contribution is 0.629. The number of nitrogens with one attached hydrogen (secondary N) is 1. The van der Waals surface area contributed by atoms with Crippen LogP contribution >= 0.6 is 0 Å². The molecule has 0 aliphatic rings. The van der Waals surface area contributed by atoms with Gasteiger partial charge in [0.15, 0.2) is 0 Å². The molecule has 0 saturated carbocycles. The summed E-state index contributed by atoms with van der Waals surface area (Å²) in [5.41, 5.74) is 5.27. The van der Waals surface area contributed by atoms with Crippen LogP contribution < -0.4 is 0 Å². The second-order valence-electron chi connectivity index (χ2n) is 5.53. The second-order valence-corrected chi connectivity index (χ2v) is 5.53. The predicted octanol–water partition coefficient (Wildman–Crippen LogP) is 5.14. The van der Waals surface area contributed by atoms with Crippen molar-refractivity contribution in [2.45, 2.75) is 26.7 Å². The van der Waals surface area contributed by atoms with Crippen LogP contribution in [0.4, 0.5) is 4.39 Å². The Morgan fingerprint density at radius 3 is 2.55 bits per heavy atom. The van der Waals surface area contributed by atoms with Crippen molar-refractivity contribution in [3.05, 3.63) is 65.6 Å². The molecule has 3 aromatic rings. The maximum atomic E-state index is 14.4. The highest BCUT2D eigenvalue weighted by molar-refractivity contribution is 5.82. The van der Waals surface area contributed by atoms with E-state index in [4.69, 9.17) is 0 Å². The number of H-pyrrole nitrogens is 1. The summed E-state index contributed by atoms with van der Waals surface area (Å²) >= 11 is 0. The molecule has 0 aliphatic heterocycles. The summed E-state index contributed by atoms with van der Waals surface area (Å²) in [6, 6.07) is 15.3. The second kappa shape index (κ2) is 6.14. The normalized spacial score (nSPS) is 10.9. The third-order valence-corrected chi connectivity index (χ3v) is 3.78. The largest absolute Gasteiger partial charge is 0.281 e. The molecular formula is C19H19FN2. The highest BCUT2D eigenvalue weighted by Crippen LogP contribution is 2.35. The first-order chi connectivity index (χ1) is 10.7. The molecule has 3 rings (SSSR count). The summed E-state index contributed by atoms with van der Waals surface area (Å²) in [4.78, 5) is 0. The lowest BCUT2D eigenvalue weighted by atomic mass is 9.96. The molecule has 1 aromatic heterocycles. The standard InChI is InChI=1S/C19H19FN2/c1-3-7-17-18(14-8-5-4-6-9-14)19(22-21-17)15-11-10-13(2)12-16(15)20/h4-6,8-12H,3,7H2,1-2H3,(H,21,22). The minimum absolute atomic E-state index is 0.230. The SMILES string of the molecule is CCCc1[nH]nc(-c2ccc(C)cc2F)c1-c1ccccc1. The molecule has 112 valence electrons. The van der Waals surface area contributed by atoms with E-state index in [9.17, 15) is 4.39 Å². The fraction of sp³-hybridized carbons (Fsp3) is 0.211. The van der Waals surface area contributed by atoms with Crippen LogP contribution in [0.25, 0.3) is 22.4 Å². The summed E-state index contributed by atoms with van der Waals surface area (Å²) in [5, 5.41) is 7.50. The molecule has 1 heterocycles. The molecule has 0 spiro atoms. The van der Waals surface area contributed by atoms with Gasteiger partial charge in [-0.15, -0.1) is 0 Å². The van der Waals surface area contributed by atoms with Crippen LogP contribution in [-0.2, 0) is 6.42 Å². The topological polar surface area (TPSA) is 28.7 Å². The molecule has 1 N–H and O–H groups in total. The average Bonchev–Trinajstić information content (AvgIpc) is 2.92. The van der Waals surface area contributed by atoms with Gasteiger partial charge in [0.25, 0.3) is 0 Å². The zero-order valence-electron chi connectivity index (χ0n) is 12.9. The molecule has 0 radical (unpaired) electrons. The smallest absolute Gasteiger partial charge is 0.132 e. The number of hydrogen-bond donors (Lipinski definition) is 1. The lowest BCUT2D eigenvalue weighted by Crippen LogP contribution is -1.90. The maximum absolute atomic E-state index is 14.4. The van der Waals surface area contributed by atoms with Crippen LogP contribution in [0.1, 0.15) is 24.6 Å². The molecule has 0 fully saturated rings. The van der Waals surface area contributed by atoms with Gasteiger partial charge >= 0.3 is 0 Å². The number of aromatic nitrogens is 2. The highest BCUT2D eigenvalue weighted by atomic mass is 19.1. The van der Waals surface area contributed by atoms with Crippen molar-refractivity contribution in [1.29, 1.82) is 0 Å². The Morgan fingerprint density at radius 1 is 1.09 bits per heavy atom. The first-order valence-electron chi connectivity index (χ1n) is 7.60. The van der Waals surface area contributed by atoms with Gasteiger partial charge < -0.3 is 0 Å². The Balaban J connectivity index is 2.20. The highest BCUT2D eigenvalue weighted by Gasteiger charge is 2.18. The van der Waals surface area contributed by atoms with Gasteiger partial charge in [-0.05, 0) is 36.6 Å². The maximum Gasteiger partial charge on any atom is 0.132 e. The van der Waals surface area contributed by atoms with Crippen LogP contribution in [0.15, 0.2) is 48.5 Å². The number of aromatic amines is 1. The Morgan fingerprint density at radius 2 is 1.86 bits per heavy atom. The van der Waals surface area contributed by atoms with Crippen molar-refractivity contribution in [1.82, 2.24) is 10.2 Å². The molecule has 2 nitrogen and oxygen atoms in total. The van der Waals surface area contributed by atoms with E-state index < -0.39 is 0 Å². The van der Waals surface area contributed by atoms with Gasteiger partial charge in [0, 0.05) is 16.8 Å². The van der Waals surface area contributed by atoms with Crippen molar-refractivity contribution in [3.8, 4) is 22.4 Å². The Kier molecular flexibility index (Phi) is 4.05.